The fraction of sp³-hybridized carbons (Fsp3) is 0.421. The van der Waals surface area contributed by atoms with Gasteiger partial charge in [-0.3, -0.25) is 4.79 Å². The van der Waals surface area contributed by atoms with Gasteiger partial charge in [-0.25, -0.2) is 0 Å². The summed E-state index contributed by atoms with van der Waals surface area (Å²) in [6, 6.07) is 12.3. The van der Waals surface area contributed by atoms with E-state index in [1.807, 2.05) is 48.3 Å². The molecule has 1 amide bonds. The maximum atomic E-state index is 12.9. The molecule has 24 heavy (non-hydrogen) atoms. The Morgan fingerprint density at radius 3 is 2.62 bits per heavy atom. The van der Waals surface area contributed by atoms with Crippen LogP contribution in [0.15, 0.2) is 40.9 Å². The number of H-pyrrole nitrogens is 1. The number of halogens is 1. The highest BCUT2D eigenvalue weighted by molar-refractivity contribution is 9.10. The molecule has 126 valence electrons. The molecular weight excluding hydrogens is 366 g/mol. The lowest BCUT2D eigenvalue weighted by Gasteiger charge is -2.48. The summed E-state index contributed by atoms with van der Waals surface area (Å²) in [7, 11) is 1.95. The van der Waals surface area contributed by atoms with Crippen LogP contribution in [0.25, 0.3) is 11.3 Å². The van der Waals surface area contributed by atoms with Crippen molar-refractivity contribution in [2.75, 3.05) is 26.7 Å². The van der Waals surface area contributed by atoms with Crippen LogP contribution in [0.1, 0.15) is 23.3 Å². The van der Waals surface area contributed by atoms with Crippen molar-refractivity contribution >= 4 is 21.8 Å². The molecule has 0 saturated carbocycles. The Hall–Kier alpha value is -1.59. The standard InChI is InChI=1S/C19H22BrN3O/c1-22(18-12-23-10-8-13(18)9-11-23)19(24)17-7-6-16(21-17)14-4-2-3-5-15(14)20/h2-7,13,18,21H,8-12H2,1H3/t18-/m0/s1. The smallest absolute Gasteiger partial charge is 0.270 e. The topological polar surface area (TPSA) is 39.3 Å². The number of amides is 1. The van der Waals surface area contributed by atoms with Gasteiger partial charge in [0.05, 0.1) is 0 Å². The highest BCUT2D eigenvalue weighted by Crippen LogP contribution is 2.31. The van der Waals surface area contributed by atoms with Crippen molar-refractivity contribution in [2.24, 2.45) is 5.92 Å². The van der Waals surface area contributed by atoms with E-state index in [0.29, 0.717) is 17.7 Å². The molecule has 0 aliphatic carbocycles. The summed E-state index contributed by atoms with van der Waals surface area (Å²) in [5, 5.41) is 0. The van der Waals surface area contributed by atoms with Crippen molar-refractivity contribution < 1.29 is 4.79 Å². The molecule has 3 fully saturated rings. The Bertz CT molecular complexity index is 749. The van der Waals surface area contributed by atoms with E-state index < -0.39 is 0 Å². The van der Waals surface area contributed by atoms with Crippen LogP contribution < -0.4 is 0 Å². The van der Waals surface area contributed by atoms with Gasteiger partial charge in [0, 0.05) is 35.4 Å². The molecule has 5 rings (SSSR count). The number of aromatic amines is 1. The van der Waals surface area contributed by atoms with Crippen LogP contribution in [-0.2, 0) is 0 Å². The van der Waals surface area contributed by atoms with Gasteiger partial charge in [-0.05, 0) is 50.0 Å². The molecule has 3 saturated heterocycles. The van der Waals surface area contributed by atoms with Gasteiger partial charge in [0.15, 0.2) is 0 Å². The molecular formula is C19H22BrN3O. The van der Waals surface area contributed by atoms with Crippen LogP contribution in [0.5, 0.6) is 0 Å². The quantitative estimate of drug-likeness (QED) is 0.873. The minimum absolute atomic E-state index is 0.0899. The summed E-state index contributed by atoms with van der Waals surface area (Å²) in [6.45, 7) is 3.40. The first-order chi connectivity index (χ1) is 11.6. The van der Waals surface area contributed by atoms with E-state index in [1.165, 1.54) is 25.9 Å². The van der Waals surface area contributed by atoms with E-state index in [9.17, 15) is 4.79 Å². The number of nitrogens with one attached hydrogen (secondary N) is 1. The van der Waals surface area contributed by atoms with Crippen LogP contribution in [0.4, 0.5) is 0 Å². The summed E-state index contributed by atoms with van der Waals surface area (Å²) in [4.78, 5) is 20.6. The molecule has 4 nitrogen and oxygen atoms in total. The van der Waals surface area contributed by atoms with Crippen LogP contribution in [0, 0.1) is 5.92 Å². The van der Waals surface area contributed by atoms with E-state index in [1.54, 1.807) is 0 Å². The Morgan fingerprint density at radius 2 is 1.96 bits per heavy atom. The summed E-state index contributed by atoms with van der Waals surface area (Å²) in [6.07, 6.45) is 2.43. The normalized spacial score (nSPS) is 25.7. The number of rotatable bonds is 3. The molecule has 1 N–H and O–H groups in total. The number of fused-ring (bicyclic) bond motifs is 3. The lowest BCUT2D eigenvalue weighted by atomic mass is 9.83. The van der Waals surface area contributed by atoms with Crippen molar-refractivity contribution in [2.45, 2.75) is 18.9 Å². The Labute approximate surface area is 151 Å². The van der Waals surface area contributed by atoms with Crippen molar-refractivity contribution in [3.8, 4) is 11.3 Å². The van der Waals surface area contributed by atoms with E-state index in [4.69, 9.17) is 0 Å². The molecule has 1 atom stereocenters. The van der Waals surface area contributed by atoms with Gasteiger partial charge in [0.25, 0.3) is 5.91 Å². The number of hydrogen-bond donors (Lipinski definition) is 1. The third-order valence-electron chi connectivity index (χ3n) is 5.52. The van der Waals surface area contributed by atoms with Crippen molar-refractivity contribution in [1.82, 2.24) is 14.8 Å². The van der Waals surface area contributed by atoms with Gasteiger partial charge in [0.2, 0.25) is 0 Å². The molecule has 2 bridgehead atoms. The molecule has 5 heteroatoms. The highest BCUT2D eigenvalue weighted by Gasteiger charge is 2.38. The summed E-state index contributed by atoms with van der Waals surface area (Å²) >= 11 is 3.57. The lowest BCUT2D eigenvalue weighted by Crippen LogP contribution is -2.57. The Kier molecular flexibility index (Phi) is 4.22. The minimum Gasteiger partial charge on any atom is -0.351 e. The molecule has 1 aromatic heterocycles. The number of benzene rings is 1. The maximum absolute atomic E-state index is 12.9. The van der Waals surface area contributed by atoms with Crippen molar-refractivity contribution in [3.05, 3.63) is 46.6 Å². The van der Waals surface area contributed by atoms with Crippen LogP contribution in [-0.4, -0.2) is 53.4 Å². The number of carbonyl (C=O) groups is 1. The first kappa shape index (κ1) is 15.9. The molecule has 3 aliphatic heterocycles. The summed E-state index contributed by atoms with van der Waals surface area (Å²) in [5.74, 6) is 0.744. The van der Waals surface area contributed by atoms with Crippen molar-refractivity contribution in [3.63, 3.8) is 0 Å². The predicted octanol–water partition coefficient (Wildman–Crippen LogP) is 3.61. The zero-order valence-electron chi connectivity index (χ0n) is 13.8. The number of likely N-dealkylation sites (N-methyl/N-ethyl adjacent to an activating group) is 1. The van der Waals surface area contributed by atoms with Gasteiger partial charge in [0.1, 0.15) is 5.69 Å². The first-order valence-electron chi connectivity index (χ1n) is 8.57. The molecule has 3 aliphatic rings. The monoisotopic (exact) mass is 387 g/mol. The van der Waals surface area contributed by atoms with E-state index in [-0.39, 0.29) is 5.91 Å². The fourth-order valence-corrected chi connectivity index (χ4v) is 4.57. The Balaban J connectivity index is 1.54. The van der Waals surface area contributed by atoms with E-state index in [0.717, 1.165) is 22.3 Å². The maximum Gasteiger partial charge on any atom is 0.270 e. The predicted molar refractivity (Wildman–Crippen MR) is 99.0 cm³/mol. The SMILES string of the molecule is CN(C(=O)c1ccc(-c2ccccc2Br)[nH]1)[C@H]1CN2CCC1CC2. The van der Waals surface area contributed by atoms with E-state index >= 15 is 0 Å². The second kappa shape index (κ2) is 6.37. The van der Waals surface area contributed by atoms with Gasteiger partial charge in [-0.15, -0.1) is 0 Å². The lowest BCUT2D eigenvalue weighted by molar-refractivity contribution is 0.0159. The molecule has 0 spiro atoms. The average molecular weight is 388 g/mol. The second-order valence-corrected chi connectivity index (χ2v) is 7.74. The first-order valence-corrected chi connectivity index (χ1v) is 9.36. The van der Waals surface area contributed by atoms with Gasteiger partial charge >= 0.3 is 0 Å². The number of nitrogens with zero attached hydrogens (tertiary/aromatic N) is 2. The third kappa shape index (κ3) is 2.80. The minimum atomic E-state index is 0.0899. The molecule has 2 aromatic rings. The number of aromatic nitrogens is 1. The summed E-state index contributed by atoms with van der Waals surface area (Å²) < 4.78 is 1.02. The van der Waals surface area contributed by atoms with Gasteiger partial charge in [-0.2, -0.15) is 0 Å². The molecule has 0 unspecified atom stereocenters. The van der Waals surface area contributed by atoms with Crippen LogP contribution in [0.3, 0.4) is 0 Å². The average Bonchev–Trinajstić information content (AvgIpc) is 3.11. The zero-order chi connectivity index (χ0) is 16.7. The summed E-state index contributed by atoms with van der Waals surface area (Å²) in [5.41, 5.74) is 2.70. The zero-order valence-corrected chi connectivity index (χ0v) is 15.4. The third-order valence-corrected chi connectivity index (χ3v) is 6.21. The Morgan fingerprint density at radius 1 is 1.21 bits per heavy atom. The number of piperidine rings is 3. The number of carbonyl (C=O) groups excluding carboxylic acids is 1. The van der Waals surface area contributed by atoms with Gasteiger partial charge < -0.3 is 14.8 Å². The molecule has 0 radical (unpaired) electrons. The van der Waals surface area contributed by atoms with Crippen molar-refractivity contribution in [1.29, 1.82) is 0 Å². The van der Waals surface area contributed by atoms with Crippen LogP contribution in [0.2, 0.25) is 0 Å². The molecule has 4 heterocycles. The fourth-order valence-electron chi connectivity index (χ4n) is 4.07. The molecule has 1 aromatic carbocycles. The number of hydrogen-bond acceptors (Lipinski definition) is 2. The van der Waals surface area contributed by atoms with Crippen LogP contribution >= 0.6 is 15.9 Å². The second-order valence-electron chi connectivity index (χ2n) is 6.89. The largest absolute Gasteiger partial charge is 0.351 e. The highest BCUT2D eigenvalue weighted by atomic mass is 79.9. The van der Waals surface area contributed by atoms with Gasteiger partial charge in [-0.1, -0.05) is 34.1 Å². The van der Waals surface area contributed by atoms with E-state index in [2.05, 4.69) is 25.8 Å².